The van der Waals surface area contributed by atoms with Gasteiger partial charge < -0.3 is 5.32 Å². The summed E-state index contributed by atoms with van der Waals surface area (Å²) < 4.78 is 0. The molecule has 1 aliphatic carbocycles. The minimum Gasteiger partial charge on any atom is -0.311 e. The molecule has 1 fully saturated rings. The highest BCUT2D eigenvalue weighted by atomic mass is 32.1. The molecule has 3 heteroatoms. The van der Waals surface area contributed by atoms with Crippen LogP contribution in [0.25, 0.3) is 0 Å². The van der Waals surface area contributed by atoms with Crippen LogP contribution in [0.1, 0.15) is 58.4 Å². The van der Waals surface area contributed by atoms with Crippen molar-refractivity contribution in [2.24, 2.45) is 16.7 Å². The van der Waals surface area contributed by atoms with Gasteiger partial charge in [-0.25, -0.2) is 4.98 Å². The predicted molar refractivity (Wildman–Crippen MR) is 83.6 cm³/mol. The summed E-state index contributed by atoms with van der Waals surface area (Å²) in [5, 5.41) is 4.84. The fraction of sp³-hybridized carbons (Fsp3) is 0.812. The molecule has 108 valence electrons. The van der Waals surface area contributed by atoms with Crippen LogP contribution in [0.2, 0.25) is 0 Å². The maximum Gasteiger partial charge on any atom is 0.0981 e. The van der Waals surface area contributed by atoms with Gasteiger partial charge in [-0.15, -0.1) is 11.3 Å². The zero-order valence-corrected chi connectivity index (χ0v) is 14.2. The average Bonchev–Trinajstić information content (AvgIpc) is 2.67. The lowest BCUT2D eigenvalue weighted by molar-refractivity contribution is 0.457. The number of hydrogen-bond donors (Lipinski definition) is 1. The fourth-order valence-corrected chi connectivity index (χ4v) is 3.86. The molecule has 0 bridgehead atoms. The van der Waals surface area contributed by atoms with Gasteiger partial charge in [0.15, 0.2) is 0 Å². The second-order valence-corrected chi connectivity index (χ2v) is 9.12. The van der Waals surface area contributed by atoms with E-state index in [9.17, 15) is 0 Å². The molecule has 1 aliphatic rings. The zero-order chi connectivity index (χ0) is 14.5. The molecule has 1 aromatic heterocycles. The second kappa shape index (κ2) is 4.56. The van der Waals surface area contributed by atoms with Gasteiger partial charge in [0.2, 0.25) is 0 Å². The summed E-state index contributed by atoms with van der Waals surface area (Å²) in [6, 6.07) is 0. The summed E-state index contributed by atoms with van der Waals surface area (Å²) in [5.41, 5.74) is 1.12. The Kier molecular flexibility index (Phi) is 3.60. The van der Waals surface area contributed by atoms with Crippen LogP contribution in [0.4, 0.5) is 0 Å². The Balaban J connectivity index is 1.83. The number of aromatic nitrogens is 1. The lowest BCUT2D eigenvalue weighted by atomic mass is 9.98. The maximum absolute atomic E-state index is 4.54. The van der Waals surface area contributed by atoms with E-state index in [1.54, 1.807) is 0 Å². The van der Waals surface area contributed by atoms with Crippen molar-refractivity contribution < 1.29 is 0 Å². The molecule has 0 saturated heterocycles. The molecular formula is C16H28N2S. The quantitative estimate of drug-likeness (QED) is 0.893. The van der Waals surface area contributed by atoms with E-state index in [0.29, 0.717) is 10.8 Å². The topological polar surface area (TPSA) is 24.9 Å². The molecule has 0 unspecified atom stereocenters. The molecule has 1 aromatic rings. The van der Waals surface area contributed by atoms with E-state index >= 15 is 0 Å². The first-order chi connectivity index (χ1) is 8.57. The first-order valence-corrected chi connectivity index (χ1v) is 8.04. The van der Waals surface area contributed by atoms with Gasteiger partial charge in [0.1, 0.15) is 0 Å². The van der Waals surface area contributed by atoms with Gasteiger partial charge >= 0.3 is 0 Å². The van der Waals surface area contributed by atoms with E-state index in [0.717, 1.165) is 19.0 Å². The largest absolute Gasteiger partial charge is 0.311 e. The van der Waals surface area contributed by atoms with Gasteiger partial charge in [-0.1, -0.05) is 48.5 Å². The summed E-state index contributed by atoms with van der Waals surface area (Å²) in [7, 11) is 0. The maximum atomic E-state index is 4.54. The Labute approximate surface area is 122 Å². The Morgan fingerprint density at radius 2 is 1.79 bits per heavy atom. The van der Waals surface area contributed by atoms with Crippen LogP contribution in [0.3, 0.4) is 0 Å². The molecule has 0 aliphatic heterocycles. The van der Waals surface area contributed by atoms with Crippen molar-refractivity contribution in [3.05, 3.63) is 16.1 Å². The zero-order valence-electron chi connectivity index (χ0n) is 13.4. The lowest BCUT2D eigenvalue weighted by Crippen LogP contribution is -2.18. The fourth-order valence-electron chi connectivity index (χ4n) is 2.92. The van der Waals surface area contributed by atoms with Crippen molar-refractivity contribution in [1.82, 2.24) is 10.3 Å². The summed E-state index contributed by atoms with van der Waals surface area (Å²) in [6.07, 6.45) is 2.03. The van der Waals surface area contributed by atoms with Crippen molar-refractivity contribution in [3.63, 3.8) is 0 Å². The van der Waals surface area contributed by atoms with Gasteiger partial charge in [0.05, 0.1) is 5.01 Å². The van der Waals surface area contributed by atoms with E-state index in [2.05, 4.69) is 58.8 Å². The number of thiazole rings is 1. The number of hydrogen-bond acceptors (Lipinski definition) is 3. The molecule has 0 aromatic carbocycles. The van der Waals surface area contributed by atoms with Crippen LogP contribution in [0.15, 0.2) is 6.20 Å². The van der Waals surface area contributed by atoms with E-state index < -0.39 is 0 Å². The number of nitrogens with zero attached hydrogens (tertiary/aromatic N) is 1. The third-order valence-electron chi connectivity index (χ3n) is 5.16. The first kappa shape index (κ1) is 15.0. The summed E-state index contributed by atoms with van der Waals surface area (Å²) in [5.74, 6) is 0.787. The molecule has 2 rings (SSSR count). The van der Waals surface area contributed by atoms with Crippen molar-refractivity contribution in [1.29, 1.82) is 0 Å². The van der Waals surface area contributed by atoms with E-state index in [-0.39, 0.29) is 5.41 Å². The minimum absolute atomic E-state index is 0.170. The molecule has 0 radical (unpaired) electrons. The Morgan fingerprint density at radius 3 is 2.21 bits per heavy atom. The number of rotatable bonds is 4. The van der Waals surface area contributed by atoms with Crippen molar-refractivity contribution in [2.45, 2.75) is 60.4 Å². The Morgan fingerprint density at radius 1 is 1.21 bits per heavy atom. The van der Waals surface area contributed by atoms with Crippen LogP contribution in [0, 0.1) is 16.7 Å². The molecule has 1 heterocycles. The molecule has 0 amide bonds. The molecule has 2 nitrogen and oxygen atoms in total. The first-order valence-electron chi connectivity index (χ1n) is 7.22. The van der Waals surface area contributed by atoms with E-state index in [4.69, 9.17) is 0 Å². The molecule has 0 spiro atoms. The van der Waals surface area contributed by atoms with Gasteiger partial charge in [0, 0.05) is 23.0 Å². The summed E-state index contributed by atoms with van der Waals surface area (Å²) >= 11 is 1.84. The molecule has 1 N–H and O–H groups in total. The Bertz CT molecular complexity index is 438. The third-order valence-corrected chi connectivity index (χ3v) is 6.59. The van der Waals surface area contributed by atoms with Gasteiger partial charge in [-0.2, -0.15) is 0 Å². The summed E-state index contributed by atoms with van der Waals surface area (Å²) in [6.45, 7) is 18.2. The van der Waals surface area contributed by atoms with Crippen molar-refractivity contribution >= 4 is 11.3 Å². The predicted octanol–water partition coefficient (Wildman–Crippen LogP) is 4.21. The van der Waals surface area contributed by atoms with Crippen LogP contribution >= 0.6 is 11.3 Å². The SMILES string of the molecule is CC(C)(C)c1ncc(CNCC2C(C)(C)C2(C)C)s1. The third kappa shape index (κ3) is 2.73. The minimum atomic E-state index is 0.170. The van der Waals surface area contributed by atoms with Gasteiger partial charge in [-0.05, 0) is 23.3 Å². The van der Waals surface area contributed by atoms with Gasteiger partial charge in [-0.3, -0.25) is 0 Å². The Hall–Kier alpha value is -0.410. The monoisotopic (exact) mass is 280 g/mol. The highest BCUT2D eigenvalue weighted by Gasteiger charge is 2.63. The van der Waals surface area contributed by atoms with Crippen LogP contribution in [0.5, 0.6) is 0 Å². The second-order valence-electron chi connectivity index (χ2n) is 8.01. The molecule has 1 saturated carbocycles. The van der Waals surface area contributed by atoms with E-state index in [1.807, 2.05) is 17.5 Å². The summed E-state index contributed by atoms with van der Waals surface area (Å²) in [4.78, 5) is 5.88. The average molecular weight is 280 g/mol. The standard InChI is InChI=1S/C16H28N2S/c1-14(2,3)13-18-9-11(19-13)8-17-10-12-15(4,5)16(12,6)7/h9,12,17H,8,10H2,1-7H3. The molecular weight excluding hydrogens is 252 g/mol. The number of nitrogens with one attached hydrogen (secondary N) is 1. The lowest BCUT2D eigenvalue weighted by Gasteiger charge is -2.13. The smallest absolute Gasteiger partial charge is 0.0981 e. The van der Waals surface area contributed by atoms with Crippen LogP contribution in [-0.2, 0) is 12.0 Å². The van der Waals surface area contributed by atoms with E-state index in [1.165, 1.54) is 9.88 Å². The normalized spacial score (nSPS) is 21.6. The molecule has 19 heavy (non-hydrogen) atoms. The highest BCUT2D eigenvalue weighted by Crippen LogP contribution is 2.67. The van der Waals surface area contributed by atoms with Crippen LogP contribution < -0.4 is 5.32 Å². The van der Waals surface area contributed by atoms with Gasteiger partial charge in [0.25, 0.3) is 0 Å². The van der Waals surface area contributed by atoms with Crippen LogP contribution in [-0.4, -0.2) is 11.5 Å². The molecule has 0 atom stereocenters. The van der Waals surface area contributed by atoms with Crippen molar-refractivity contribution in [2.75, 3.05) is 6.54 Å². The highest BCUT2D eigenvalue weighted by molar-refractivity contribution is 7.11. The van der Waals surface area contributed by atoms with Crippen molar-refractivity contribution in [3.8, 4) is 0 Å².